The highest BCUT2D eigenvalue weighted by atomic mass is 35.5. The van der Waals surface area contributed by atoms with Crippen LogP contribution in [-0.4, -0.2) is 85.3 Å². The Morgan fingerprint density at radius 3 is 2.41 bits per heavy atom. The van der Waals surface area contributed by atoms with Crippen molar-refractivity contribution in [1.29, 1.82) is 0 Å². The average molecular weight is 455 g/mol. The first-order chi connectivity index (χ1) is 15.7. The smallest absolute Gasteiger partial charge is 0.320 e. The maximum atomic E-state index is 13.2. The Hall–Kier alpha value is -2.12. The summed E-state index contributed by atoms with van der Waals surface area (Å²) >= 11 is 6.14. The summed E-state index contributed by atoms with van der Waals surface area (Å²) in [6, 6.07) is 19.3. The molecule has 0 spiro atoms. The second-order valence-electron chi connectivity index (χ2n) is 8.87. The fourth-order valence-corrected chi connectivity index (χ4v) is 5.35. The first kappa shape index (κ1) is 21.7. The van der Waals surface area contributed by atoms with E-state index < -0.39 is 0 Å². The molecule has 3 aliphatic rings. The van der Waals surface area contributed by atoms with Gasteiger partial charge in [0.05, 0.1) is 24.8 Å². The number of benzene rings is 2. The highest BCUT2D eigenvalue weighted by Gasteiger charge is 2.36. The van der Waals surface area contributed by atoms with Gasteiger partial charge in [-0.1, -0.05) is 54.1 Å². The highest BCUT2D eigenvalue weighted by molar-refractivity contribution is 6.30. The number of morpholine rings is 1. The molecule has 3 atom stereocenters. The Balaban J connectivity index is 1.25. The van der Waals surface area contributed by atoms with Gasteiger partial charge in [0.1, 0.15) is 0 Å². The van der Waals surface area contributed by atoms with Crippen LogP contribution >= 0.6 is 11.6 Å². The third-order valence-electron chi connectivity index (χ3n) is 6.91. The third-order valence-corrected chi connectivity index (χ3v) is 7.16. The standard InChI is InChI=1S/C25H31ClN4O2/c26-21-8-6-20(7-9-21)24(19-4-2-1-3-5-19)28-13-15-29(16-14-28)25(31)30-12-10-23-22(18-30)27-11-17-32-23/h1-9,22-24,27H,10-18H2/t22-,23+,24-/m1/s1. The number of urea groups is 1. The summed E-state index contributed by atoms with van der Waals surface area (Å²) < 4.78 is 5.86. The van der Waals surface area contributed by atoms with E-state index in [2.05, 4.69) is 52.7 Å². The Morgan fingerprint density at radius 1 is 0.938 bits per heavy atom. The number of amides is 2. The number of carbonyl (C=O) groups excluding carboxylic acids is 1. The zero-order valence-electron chi connectivity index (χ0n) is 18.3. The van der Waals surface area contributed by atoms with Crippen molar-refractivity contribution in [3.05, 3.63) is 70.7 Å². The number of piperidine rings is 1. The molecule has 0 radical (unpaired) electrons. The zero-order valence-corrected chi connectivity index (χ0v) is 19.1. The number of ether oxygens (including phenoxy) is 1. The molecule has 3 fully saturated rings. The van der Waals surface area contributed by atoms with Crippen molar-refractivity contribution in [3.8, 4) is 0 Å². The van der Waals surface area contributed by atoms with Crippen molar-refractivity contribution in [3.63, 3.8) is 0 Å². The number of halogens is 1. The summed E-state index contributed by atoms with van der Waals surface area (Å²) in [7, 11) is 0. The number of hydrogen-bond donors (Lipinski definition) is 1. The van der Waals surface area contributed by atoms with Gasteiger partial charge in [-0.3, -0.25) is 4.90 Å². The van der Waals surface area contributed by atoms with Crippen molar-refractivity contribution < 1.29 is 9.53 Å². The maximum Gasteiger partial charge on any atom is 0.320 e. The predicted octanol–water partition coefficient (Wildman–Crippen LogP) is 3.23. The molecule has 170 valence electrons. The number of nitrogens with zero attached hydrogens (tertiary/aromatic N) is 3. The number of nitrogens with one attached hydrogen (secondary N) is 1. The van der Waals surface area contributed by atoms with Crippen LogP contribution in [0.3, 0.4) is 0 Å². The maximum absolute atomic E-state index is 13.2. The van der Waals surface area contributed by atoms with Gasteiger partial charge in [-0.2, -0.15) is 0 Å². The molecule has 0 aliphatic carbocycles. The van der Waals surface area contributed by atoms with Gasteiger partial charge in [-0.15, -0.1) is 0 Å². The molecule has 3 aliphatic heterocycles. The molecule has 0 saturated carbocycles. The van der Waals surface area contributed by atoms with Crippen LogP contribution in [0.25, 0.3) is 0 Å². The largest absolute Gasteiger partial charge is 0.375 e. The summed E-state index contributed by atoms with van der Waals surface area (Å²) in [4.78, 5) is 19.7. The van der Waals surface area contributed by atoms with Gasteiger partial charge in [-0.25, -0.2) is 4.79 Å². The van der Waals surface area contributed by atoms with Crippen LogP contribution in [0, 0.1) is 0 Å². The highest BCUT2D eigenvalue weighted by Crippen LogP contribution is 2.30. The summed E-state index contributed by atoms with van der Waals surface area (Å²) in [5.41, 5.74) is 2.49. The lowest BCUT2D eigenvalue weighted by atomic mass is 9.96. The monoisotopic (exact) mass is 454 g/mol. The van der Waals surface area contributed by atoms with E-state index in [-0.39, 0.29) is 24.2 Å². The van der Waals surface area contributed by atoms with Gasteiger partial charge in [0.25, 0.3) is 0 Å². The molecular weight excluding hydrogens is 424 g/mol. The van der Waals surface area contributed by atoms with Gasteiger partial charge >= 0.3 is 6.03 Å². The molecular formula is C25H31ClN4O2. The zero-order chi connectivity index (χ0) is 21.9. The van der Waals surface area contributed by atoms with E-state index in [9.17, 15) is 4.79 Å². The van der Waals surface area contributed by atoms with E-state index in [1.165, 1.54) is 11.1 Å². The number of hydrogen-bond acceptors (Lipinski definition) is 4. The lowest BCUT2D eigenvalue weighted by Crippen LogP contribution is -2.62. The molecule has 32 heavy (non-hydrogen) atoms. The van der Waals surface area contributed by atoms with Crippen LogP contribution in [0.1, 0.15) is 23.6 Å². The number of likely N-dealkylation sites (tertiary alicyclic amines) is 1. The van der Waals surface area contributed by atoms with Gasteiger partial charge in [-0.05, 0) is 29.7 Å². The van der Waals surface area contributed by atoms with Crippen LogP contribution in [0.2, 0.25) is 5.02 Å². The minimum Gasteiger partial charge on any atom is -0.375 e. The van der Waals surface area contributed by atoms with E-state index in [0.29, 0.717) is 0 Å². The molecule has 0 aromatic heterocycles. The van der Waals surface area contributed by atoms with Crippen molar-refractivity contribution in [2.24, 2.45) is 0 Å². The Bertz CT molecular complexity index is 902. The topological polar surface area (TPSA) is 48.1 Å². The van der Waals surface area contributed by atoms with Gasteiger partial charge in [0.15, 0.2) is 0 Å². The lowest BCUT2D eigenvalue weighted by Gasteiger charge is -2.45. The average Bonchev–Trinajstić information content (AvgIpc) is 2.86. The van der Waals surface area contributed by atoms with E-state index in [1.54, 1.807) is 0 Å². The van der Waals surface area contributed by atoms with Crippen molar-refractivity contribution in [2.45, 2.75) is 24.6 Å². The van der Waals surface area contributed by atoms with Crippen molar-refractivity contribution >= 4 is 17.6 Å². The minimum absolute atomic E-state index is 0.157. The second-order valence-corrected chi connectivity index (χ2v) is 9.31. The Kier molecular flexibility index (Phi) is 6.64. The molecule has 3 heterocycles. The summed E-state index contributed by atoms with van der Waals surface area (Å²) in [6.07, 6.45) is 1.16. The quantitative estimate of drug-likeness (QED) is 0.773. The molecule has 3 saturated heterocycles. The molecule has 2 amide bonds. The summed E-state index contributed by atoms with van der Waals surface area (Å²) in [5, 5.41) is 4.26. The van der Waals surface area contributed by atoms with E-state index >= 15 is 0 Å². The van der Waals surface area contributed by atoms with Gasteiger partial charge < -0.3 is 19.9 Å². The molecule has 2 aromatic rings. The number of carbonyl (C=O) groups is 1. The fourth-order valence-electron chi connectivity index (χ4n) is 5.22. The molecule has 1 N–H and O–H groups in total. The van der Waals surface area contributed by atoms with Crippen LogP contribution < -0.4 is 5.32 Å². The number of fused-ring (bicyclic) bond motifs is 1. The SMILES string of the molecule is O=C(N1CCN([C@H](c2ccccc2)c2ccc(Cl)cc2)CC1)N1CC[C@@H]2OCCN[C@@H]2C1. The Labute approximate surface area is 195 Å². The van der Waals surface area contributed by atoms with Crippen LogP contribution in [0.15, 0.2) is 54.6 Å². The van der Waals surface area contributed by atoms with Gasteiger partial charge in [0.2, 0.25) is 0 Å². The second kappa shape index (κ2) is 9.79. The molecule has 6 nitrogen and oxygen atoms in total. The summed E-state index contributed by atoms with van der Waals surface area (Å²) in [5.74, 6) is 0. The molecule has 7 heteroatoms. The molecule has 5 rings (SSSR count). The first-order valence-corrected chi connectivity index (χ1v) is 12.0. The molecule has 2 aromatic carbocycles. The lowest BCUT2D eigenvalue weighted by molar-refractivity contribution is -0.0386. The van der Waals surface area contributed by atoms with Crippen LogP contribution in [0.4, 0.5) is 4.79 Å². The van der Waals surface area contributed by atoms with E-state index in [1.807, 2.05) is 21.9 Å². The summed E-state index contributed by atoms with van der Waals surface area (Å²) in [6.45, 7) is 6.32. The first-order valence-electron chi connectivity index (χ1n) is 11.6. The molecule has 0 unspecified atom stereocenters. The van der Waals surface area contributed by atoms with E-state index in [0.717, 1.165) is 63.9 Å². The molecule has 0 bridgehead atoms. The van der Waals surface area contributed by atoms with Crippen molar-refractivity contribution in [2.75, 3.05) is 52.4 Å². The van der Waals surface area contributed by atoms with Crippen LogP contribution in [0.5, 0.6) is 0 Å². The fraction of sp³-hybridized carbons (Fsp3) is 0.480. The van der Waals surface area contributed by atoms with E-state index in [4.69, 9.17) is 16.3 Å². The van der Waals surface area contributed by atoms with Gasteiger partial charge in [0, 0.05) is 50.8 Å². The minimum atomic E-state index is 0.157. The third kappa shape index (κ3) is 4.64. The number of piperazine rings is 1. The Morgan fingerprint density at radius 2 is 1.66 bits per heavy atom. The van der Waals surface area contributed by atoms with Crippen molar-refractivity contribution in [1.82, 2.24) is 20.0 Å². The normalized spacial score (nSPS) is 25.3. The van der Waals surface area contributed by atoms with Crippen LogP contribution in [-0.2, 0) is 4.74 Å². The predicted molar refractivity (Wildman–Crippen MR) is 126 cm³/mol. The number of rotatable bonds is 3.